The summed E-state index contributed by atoms with van der Waals surface area (Å²) < 4.78 is 38.2. The fourth-order valence-corrected chi connectivity index (χ4v) is 3.50. The van der Waals surface area contributed by atoms with Gasteiger partial charge < -0.3 is 10.2 Å². The van der Waals surface area contributed by atoms with Crippen molar-refractivity contribution >= 4 is 16.5 Å². The topological polar surface area (TPSA) is 28.2 Å². The van der Waals surface area contributed by atoms with Gasteiger partial charge in [-0.15, -0.1) is 0 Å². The molecule has 1 aliphatic heterocycles. The highest BCUT2D eigenvalue weighted by molar-refractivity contribution is 7.15. The van der Waals surface area contributed by atoms with E-state index in [-0.39, 0.29) is 6.04 Å². The molecule has 3 nitrogen and oxygen atoms in total. The number of rotatable bonds is 5. The molecule has 1 aromatic heterocycles. The molecule has 1 unspecified atom stereocenters. The largest absolute Gasteiger partial charge is 0.427 e. The predicted octanol–water partition coefficient (Wildman–Crippen LogP) is 4.41. The quantitative estimate of drug-likeness (QED) is 0.873. The lowest BCUT2D eigenvalue weighted by Crippen LogP contribution is -2.29. The maximum atomic E-state index is 12.7. The summed E-state index contributed by atoms with van der Waals surface area (Å²) in [4.78, 5) is 5.55. The molecule has 1 N–H and O–H groups in total. The minimum Gasteiger partial charge on any atom is -0.353 e. The van der Waals surface area contributed by atoms with Crippen molar-refractivity contribution in [1.29, 1.82) is 0 Å². The normalized spacial score (nSPS) is 17.3. The third-order valence-corrected chi connectivity index (χ3v) is 4.90. The molecule has 0 amide bonds. The first kappa shape index (κ1) is 16.3. The molecule has 2 aromatic rings. The van der Waals surface area contributed by atoms with Crippen molar-refractivity contribution in [3.05, 3.63) is 47.0 Å². The van der Waals surface area contributed by atoms with Gasteiger partial charge >= 0.3 is 6.18 Å². The molecule has 1 aromatic carbocycles. The van der Waals surface area contributed by atoms with Crippen LogP contribution in [0.25, 0.3) is 0 Å². The molecule has 0 bridgehead atoms. The third-order valence-electron chi connectivity index (χ3n) is 3.92. The van der Waals surface area contributed by atoms with Gasteiger partial charge in [-0.25, -0.2) is 4.98 Å². The lowest BCUT2D eigenvalue weighted by atomic mass is 10.1. The fourth-order valence-electron chi connectivity index (χ4n) is 2.76. The zero-order valence-corrected chi connectivity index (χ0v) is 13.3. The van der Waals surface area contributed by atoms with Gasteiger partial charge in [-0.1, -0.05) is 41.7 Å². The van der Waals surface area contributed by atoms with Crippen molar-refractivity contribution in [2.45, 2.75) is 25.1 Å². The first-order valence-corrected chi connectivity index (χ1v) is 8.41. The van der Waals surface area contributed by atoms with Gasteiger partial charge in [0.1, 0.15) is 4.88 Å². The zero-order chi connectivity index (χ0) is 16.3. The lowest BCUT2D eigenvalue weighted by molar-refractivity contribution is -0.134. The molecule has 1 aliphatic rings. The van der Waals surface area contributed by atoms with Crippen LogP contribution in [0.4, 0.5) is 18.3 Å². The molecule has 7 heteroatoms. The number of aromatic nitrogens is 1. The van der Waals surface area contributed by atoms with E-state index in [1.165, 1.54) is 12.8 Å². The van der Waals surface area contributed by atoms with Crippen LogP contribution in [0.15, 0.2) is 36.5 Å². The number of thiazole rings is 1. The van der Waals surface area contributed by atoms with Crippen LogP contribution < -0.4 is 5.32 Å². The predicted molar refractivity (Wildman–Crippen MR) is 85.6 cm³/mol. The highest BCUT2D eigenvalue weighted by Crippen LogP contribution is 2.36. The maximum absolute atomic E-state index is 12.7. The Balaban J connectivity index is 1.76. The molecule has 1 fully saturated rings. The molecule has 2 heterocycles. The Morgan fingerprint density at radius 2 is 1.87 bits per heavy atom. The SMILES string of the molecule is FC(F)(F)c1cnc(NC(CN2CCCC2)c2ccccc2)s1. The van der Waals surface area contributed by atoms with Crippen molar-refractivity contribution in [3.8, 4) is 0 Å². The standard InChI is InChI=1S/C16H18F3N3S/c17-16(18,19)14-10-20-15(23-14)21-13(11-22-8-4-5-9-22)12-6-2-1-3-7-12/h1-3,6-7,10,13H,4-5,8-9,11H2,(H,20,21). The van der Waals surface area contributed by atoms with Crippen LogP contribution >= 0.6 is 11.3 Å². The summed E-state index contributed by atoms with van der Waals surface area (Å²) in [6, 6.07) is 9.73. The number of nitrogens with one attached hydrogen (secondary N) is 1. The minimum absolute atomic E-state index is 0.0680. The van der Waals surface area contributed by atoms with E-state index < -0.39 is 11.1 Å². The summed E-state index contributed by atoms with van der Waals surface area (Å²) in [5, 5.41) is 3.49. The average molecular weight is 341 g/mol. The lowest BCUT2D eigenvalue weighted by Gasteiger charge is -2.24. The molecule has 124 valence electrons. The van der Waals surface area contributed by atoms with Crippen LogP contribution in [0.5, 0.6) is 0 Å². The Hall–Kier alpha value is -1.60. The van der Waals surface area contributed by atoms with Crippen LogP contribution in [-0.4, -0.2) is 29.5 Å². The van der Waals surface area contributed by atoms with E-state index in [0.29, 0.717) is 16.5 Å². The number of likely N-dealkylation sites (tertiary alicyclic amines) is 1. The van der Waals surface area contributed by atoms with E-state index in [1.807, 2.05) is 30.3 Å². The van der Waals surface area contributed by atoms with E-state index in [9.17, 15) is 13.2 Å². The van der Waals surface area contributed by atoms with E-state index in [4.69, 9.17) is 0 Å². The second-order valence-electron chi connectivity index (χ2n) is 5.64. The molecule has 3 rings (SSSR count). The molecular formula is C16H18F3N3S. The van der Waals surface area contributed by atoms with Crippen molar-refractivity contribution < 1.29 is 13.2 Å². The van der Waals surface area contributed by atoms with Crippen molar-refractivity contribution in [3.63, 3.8) is 0 Å². The van der Waals surface area contributed by atoms with Gasteiger partial charge in [0.25, 0.3) is 0 Å². The van der Waals surface area contributed by atoms with Gasteiger partial charge in [0.05, 0.1) is 12.2 Å². The summed E-state index contributed by atoms with van der Waals surface area (Å²) in [7, 11) is 0. The van der Waals surface area contributed by atoms with Crippen LogP contribution in [0.1, 0.15) is 29.3 Å². The number of anilines is 1. The van der Waals surface area contributed by atoms with Gasteiger partial charge in [-0.3, -0.25) is 0 Å². The molecule has 0 radical (unpaired) electrons. The van der Waals surface area contributed by atoms with Crippen molar-refractivity contribution in [2.75, 3.05) is 25.0 Å². The number of hydrogen-bond acceptors (Lipinski definition) is 4. The van der Waals surface area contributed by atoms with Gasteiger partial charge in [0, 0.05) is 6.54 Å². The average Bonchev–Trinajstić information content (AvgIpc) is 3.18. The first-order valence-electron chi connectivity index (χ1n) is 7.59. The fraction of sp³-hybridized carbons (Fsp3) is 0.438. The van der Waals surface area contributed by atoms with Crippen LogP contribution in [0, 0.1) is 0 Å². The summed E-state index contributed by atoms with van der Waals surface area (Å²) in [6.07, 6.45) is -1.09. The van der Waals surface area contributed by atoms with E-state index >= 15 is 0 Å². The molecule has 0 saturated carbocycles. The smallest absolute Gasteiger partial charge is 0.353 e. The van der Waals surface area contributed by atoms with Gasteiger partial charge in [-0.05, 0) is 31.5 Å². The number of nitrogens with zero attached hydrogens (tertiary/aromatic N) is 2. The van der Waals surface area contributed by atoms with E-state index in [1.54, 1.807) is 0 Å². The number of alkyl halides is 3. The van der Waals surface area contributed by atoms with Crippen molar-refractivity contribution in [1.82, 2.24) is 9.88 Å². The van der Waals surface area contributed by atoms with Gasteiger partial charge in [0.2, 0.25) is 0 Å². The Kier molecular flexibility index (Phi) is 4.87. The van der Waals surface area contributed by atoms with Crippen LogP contribution in [-0.2, 0) is 6.18 Å². The Bertz CT molecular complexity index is 621. The minimum atomic E-state index is -4.34. The van der Waals surface area contributed by atoms with E-state index in [2.05, 4.69) is 15.2 Å². The molecular weight excluding hydrogens is 323 g/mol. The van der Waals surface area contributed by atoms with E-state index in [0.717, 1.165) is 31.4 Å². The Morgan fingerprint density at radius 3 is 2.48 bits per heavy atom. The second-order valence-corrected chi connectivity index (χ2v) is 6.67. The summed E-state index contributed by atoms with van der Waals surface area (Å²) in [6.45, 7) is 2.85. The second kappa shape index (κ2) is 6.88. The third kappa shape index (κ3) is 4.23. The summed E-state index contributed by atoms with van der Waals surface area (Å²) in [5.41, 5.74) is 1.06. The Morgan fingerprint density at radius 1 is 1.17 bits per heavy atom. The van der Waals surface area contributed by atoms with Crippen molar-refractivity contribution in [2.24, 2.45) is 0 Å². The number of benzene rings is 1. The van der Waals surface area contributed by atoms with Crippen LogP contribution in [0.3, 0.4) is 0 Å². The highest BCUT2D eigenvalue weighted by Gasteiger charge is 2.33. The van der Waals surface area contributed by atoms with Gasteiger partial charge in [-0.2, -0.15) is 13.2 Å². The molecule has 0 aliphatic carbocycles. The number of hydrogen-bond donors (Lipinski definition) is 1. The monoisotopic (exact) mass is 341 g/mol. The van der Waals surface area contributed by atoms with Gasteiger partial charge in [0.15, 0.2) is 5.13 Å². The highest BCUT2D eigenvalue weighted by atomic mass is 32.1. The molecule has 0 spiro atoms. The first-order chi connectivity index (χ1) is 11.0. The summed E-state index contributed by atoms with van der Waals surface area (Å²) in [5.74, 6) is 0. The zero-order valence-electron chi connectivity index (χ0n) is 12.5. The number of halogens is 3. The maximum Gasteiger partial charge on any atom is 0.427 e. The molecule has 1 saturated heterocycles. The van der Waals surface area contributed by atoms with Crippen LogP contribution in [0.2, 0.25) is 0 Å². The molecule has 23 heavy (non-hydrogen) atoms. The molecule has 1 atom stereocenters. The summed E-state index contributed by atoms with van der Waals surface area (Å²) >= 11 is 0.655. The Labute approximate surface area is 137 Å².